The van der Waals surface area contributed by atoms with Crippen LogP contribution in [0.4, 0.5) is 0 Å². The number of benzene rings is 1. The summed E-state index contributed by atoms with van der Waals surface area (Å²) in [6.45, 7) is 7.24. The molecule has 0 unspecified atom stereocenters. The number of hydrogen-bond donors (Lipinski definition) is 0. The molecule has 1 aromatic heterocycles. The summed E-state index contributed by atoms with van der Waals surface area (Å²) in [4.78, 5) is 13.5. The number of carbonyl (C=O) groups excluding carboxylic acids is 1. The van der Waals surface area contributed by atoms with E-state index in [1.54, 1.807) is 0 Å². The van der Waals surface area contributed by atoms with E-state index < -0.39 is 0 Å². The Morgan fingerprint density at radius 2 is 1.95 bits per heavy atom. The van der Waals surface area contributed by atoms with Crippen LogP contribution in [0, 0.1) is 13.8 Å². The fourth-order valence-corrected chi connectivity index (χ4v) is 2.48. The molecule has 0 amide bonds. The van der Waals surface area contributed by atoms with Crippen molar-refractivity contribution in [3.63, 3.8) is 0 Å². The van der Waals surface area contributed by atoms with Crippen molar-refractivity contribution >= 4 is 5.97 Å². The van der Waals surface area contributed by atoms with E-state index in [2.05, 4.69) is 12.0 Å². The minimum atomic E-state index is -0.198. The van der Waals surface area contributed by atoms with Gasteiger partial charge < -0.3 is 4.74 Å². The first-order valence-electron chi connectivity index (χ1n) is 7.47. The summed E-state index contributed by atoms with van der Waals surface area (Å²) in [6.07, 6.45) is 0. The monoisotopic (exact) mass is 301 g/mol. The van der Waals surface area contributed by atoms with Gasteiger partial charge in [-0.05, 0) is 40.0 Å². The molecule has 2 aromatic rings. The lowest BCUT2D eigenvalue weighted by atomic mass is 10.2. The second kappa shape index (κ2) is 7.22. The molecule has 0 atom stereocenters. The third-order valence-electron chi connectivity index (χ3n) is 3.57. The van der Waals surface area contributed by atoms with Crippen LogP contribution in [0.2, 0.25) is 0 Å². The molecule has 0 spiro atoms. The second-order valence-electron chi connectivity index (χ2n) is 5.37. The Bertz CT molecular complexity index is 635. The van der Waals surface area contributed by atoms with Crippen molar-refractivity contribution in [2.24, 2.45) is 0 Å². The second-order valence-corrected chi connectivity index (χ2v) is 5.37. The number of aromatic nitrogens is 2. The highest BCUT2D eigenvalue weighted by Gasteiger charge is 2.16. The Labute approximate surface area is 131 Å². The SMILES string of the molecule is CCOC(=O)CN(C)Cc1c(C)nn(-c2ccccc2)c1C. The highest BCUT2D eigenvalue weighted by Crippen LogP contribution is 2.19. The molecule has 0 aliphatic heterocycles. The van der Waals surface area contributed by atoms with E-state index in [9.17, 15) is 4.79 Å². The van der Waals surface area contributed by atoms with Crippen LogP contribution >= 0.6 is 0 Å². The van der Waals surface area contributed by atoms with E-state index in [-0.39, 0.29) is 12.5 Å². The lowest BCUT2D eigenvalue weighted by Gasteiger charge is -2.16. The number of para-hydroxylation sites is 1. The predicted octanol–water partition coefficient (Wildman–Crippen LogP) is 2.48. The maximum Gasteiger partial charge on any atom is 0.320 e. The normalized spacial score (nSPS) is 11.0. The molecule has 0 saturated carbocycles. The van der Waals surface area contributed by atoms with Gasteiger partial charge in [-0.25, -0.2) is 4.68 Å². The summed E-state index contributed by atoms with van der Waals surface area (Å²) < 4.78 is 6.93. The summed E-state index contributed by atoms with van der Waals surface area (Å²) >= 11 is 0. The van der Waals surface area contributed by atoms with Crippen LogP contribution in [-0.2, 0) is 16.1 Å². The Kier molecular flexibility index (Phi) is 5.33. The number of likely N-dealkylation sites (N-methyl/N-ethyl adjacent to an activating group) is 1. The molecule has 0 fully saturated rings. The first-order chi connectivity index (χ1) is 10.5. The highest BCUT2D eigenvalue weighted by molar-refractivity contribution is 5.71. The van der Waals surface area contributed by atoms with Gasteiger partial charge in [0.15, 0.2) is 0 Å². The maximum absolute atomic E-state index is 11.6. The summed E-state index contributed by atoms with van der Waals surface area (Å²) in [5.41, 5.74) is 4.27. The number of rotatable bonds is 6. The molecule has 118 valence electrons. The molecular weight excluding hydrogens is 278 g/mol. The fourth-order valence-electron chi connectivity index (χ4n) is 2.48. The van der Waals surface area contributed by atoms with Crippen LogP contribution in [0.3, 0.4) is 0 Å². The van der Waals surface area contributed by atoms with Crippen molar-refractivity contribution in [2.45, 2.75) is 27.3 Å². The number of ether oxygens (including phenoxy) is 1. The third kappa shape index (κ3) is 3.74. The number of carbonyl (C=O) groups is 1. The average molecular weight is 301 g/mol. The first-order valence-corrected chi connectivity index (χ1v) is 7.47. The van der Waals surface area contributed by atoms with Gasteiger partial charge in [0.05, 0.1) is 24.5 Å². The number of hydrogen-bond acceptors (Lipinski definition) is 4. The average Bonchev–Trinajstić information content (AvgIpc) is 2.76. The quantitative estimate of drug-likeness (QED) is 0.769. The van der Waals surface area contributed by atoms with Gasteiger partial charge >= 0.3 is 5.97 Å². The molecule has 0 bridgehead atoms. The summed E-state index contributed by atoms with van der Waals surface area (Å²) in [7, 11) is 1.91. The van der Waals surface area contributed by atoms with Crippen molar-refractivity contribution in [3.8, 4) is 5.69 Å². The van der Waals surface area contributed by atoms with E-state index in [4.69, 9.17) is 4.74 Å². The van der Waals surface area contributed by atoms with Gasteiger partial charge in [-0.3, -0.25) is 9.69 Å². The Hall–Kier alpha value is -2.14. The summed E-state index contributed by atoms with van der Waals surface area (Å²) in [5, 5.41) is 4.62. The zero-order valence-corrected chi connectivity index (χ0v) is 13.7. The summed E-state index contributed by atoms with van der Waals surface area (Å²) in [6, 6.07) is 10.1. The molecule has 0 aliphatic carbocycles. The highest BCUT2D eigenvalue weighted by atomic mass is 16.5. The minimum Gasteiger partial charge on any atom is -0.465 e. The van der Waals surface area contributed by atoms with Crippen LogP contribution in [0.15, 0.2) is 30.3 Å². The van der Waals surface area contributed by atoms with E-state index in [0.29, 0.717) is 13.2 Å². The number of nitrogens with zero attached hydrogens (tertiary/aromatic N) is 3. The van der Waals surface area contributed by atoms with Crippen LogP contribution < -0.4 is 0 Å². The molecule has 0 aliphatic rings. The van der Waals surface area contributed by atoms with Gasteiger partial charge in [0.25, 0.3) is 0 Å². The predicted molar refractivity (Wildman–Crippen MR) is 86.0 cm³/mol. The van der Waals surface area contributed by atoms with Gasteiger partial charge in [-0.1, -0.05) is 18.2 Å². The third-order valence-corrected chi connectivity index (χ3v) is 3.57. The van der Waals surface area contributed by atoms with Crippen molar-refractivity contribution in [2.75, 3.05) is 20.2 Å². The molecule has 5 heteroatoms. The molecule has 2 rings (SSSR count). The Morgan fingerprint density at radius 1 is 1.27 bits per heavy atom. The van der Waals surface area contributed by atoms with E-state index in [1.165, 1.54) is 0 Å². The maximum atomic E-state index is 11.6. The smallest absolute Gasteiger partial charge is 0.320 e. The van der Waals surface area contributed by atoms with Crippen LogP contribution in [-0.4, -0.2) is 40.8 Å². The molecule has 1 aromatic carbocycles. The number of esters is 1. The van der Waals surface area contributed by atoms with Gasteiger partial charge in [0.2, 0.25) is 0 Å². The molecule has 5 nitrogen and oxygen atoms in total. The molecule has 0 N–H and O–H groups in total. The first kappa shape index (κ1) is 16.2. The van der Waals surface area contributed by atoms with Gasteiger partial charge in [0, 0.05) is 17.8 Å². The standard InChI is InChI=1S/C17H23N3O2/c1-5-22-17(21)12-19(4)11-16-13(2)18-20(14(16)3)15-9-7-6-8-10-15/h6-10H,5,11-12H2,1-4H3. The van der Waals surface area contributed by atoms with Crippen molar-refractivity contribution in [1.29, 1.82) is 0 Å². The van der Waals surface area contributed by atoms with Crippen molar-refractivity contribution < 1.29 is 9.53 Å². The zero-order chi connectivity index (χ0) is 16.1. The van der Waals surface area contributed by atoms with Crippen LogP contribution in [0.5, 0.6) is 0 Å². The minimum absolute atomic E-state index is 0.198. The topological polar surface area (TPSA) is 47.4 Å². The van der Waals surface area contributed by atoms with Crippen LogP contribution in [0.1, 0.15) is 23.9 Å². The molecule has 1 heterocycles. The van der Waals surface area contributed by atoms with E-state index >= 15 is 0 Å². The lowest BCUT2D eigenvalue weighted by molar-refractivity contribution is -0.144. The van der Waals surface area contributed by atoms with Crippen LogP contribution in [0.25, 0.3) is 5.69 Å². The van der Waals surface area contributed by atoms with Gasteiger partial charge in [-0.2, -0.15) is 5.10 Å². The molecule has 22 heavy (non-hydrogen) atoms. The lowest BCUT2D eigenvalue weighted by Crippen LogP contribution is -2.27. The summed E-state index contributed by atoms with van der Waals surface area (Å²) in [5.74, 6) is -0.198. The molecular formula is C17H23N3O2. The van der Waals surface area contributed by atoms with Gasteiger partial charge in [-0.15, -0.1) is 0 Å². The molecule has 0 radical (unpaired) electrons. The zero-order valence-electron chi connectivity index (χ0n) is 13.7. The van der Waals surface area contributed by atoms with Crippen molar-refractivity contribution in [1.82, 2.24) is 14.7 Å². The van der Waals surface area contributed by atoms with E-state index in [0.717, 1.165) is 22.6 Å². The van der Waals surface area contributed by atoms with Gasteiger partial charge in [0.1, 0.15) is 0 Å². The number of aryl methyl sites for hydroxylation is 1. The largest absolute Gasteiger partial charge is 0.465 e. The Morgan fingerprint density at radius 3 is 2.59 bits per heavy atom. The van der Waals surface area contributed by atoms with Crippen molar-refractivity contribution in [3.05, 3.63) is 47.3 Å². The molecule has 0 saturated heterocycles. The van der Waals surface area contributed by atoms with E-state index in [1.807, 2.05) is 60.8 Å². The fraction of sp³-hybridized carbons (Fsp3) is 0.412. The Balaban J connectivity index is 2.15.